The lowest BCUT2D eigenvalue weighted by Gasteiger charge is -2.16. The highest BCUT2D eigenvalue weighted by Gasteiger charge is 2.27. The molecule has 1 aliphatic carbocycles. The molecule has 0 unspecified atom stereocenters. The zero-order chi connectivity index (χ0) is 24.5. The molecule has 2 atom stereocenters. The second kappa shape index (κ2) is 9.80. The van der Waals surface area contributed by atoms with Gasteiger partial charge in [0.15, 0.2) is 0 Å². The molecule has 0 bridgehead atoms. The van der Waals surface area contributed by atoms with Crippen LogP contribution in [-0.2, 0) is 0 Å². The Hall–Kier alpha value is -3.22. The van der Waals surface area contributed by atoms with E-state index in [1.807, 2.05) is 32.0 Å². The second-order valence-electron chi connectivity index (χ2n) is 8.95. The highest BCUT2D eigenvalue weighted by Crippen LogP contribution is 2.32. The number of aromatic nitrogens is 3. The molecule has 4 aromatic rings. The fourth-order valence-corrected chi connectivity index (χ4v) is 4.93. The van der Waals surface area contributed by atoms with E-state index in [2.05, 4.69) is 21.7 Å². The summed E-state index contributed by atoms with van der Waals surface area (Å²) in [5.41, 5.74) is 5.14. The van der Waals surface area contributed by atoms with E-state index in [0.29, 0.717) is 21.6 Å². The summed E-state index contributed by atoms with van der Waals surface area (Å²) in [6.07, 6.45) is 4.42. The van der Waals surface area contributed by atoms with Gasteiger partial charge in [-0.15, -0.1) is 0 Å². The standard InChI is InChI=1S/C27H25Cl2N5O/c1-15-23-13-18(22-11-12-30-16(2)25(22)29)5-10-24(23)34-27(31-15)33-21-9-8-20(14-21)32-26(35)17-3-6-19(28)7-4-17/h3-7,10-13,20-21H,8-9,14H2,1-2H3,(H,32,35)(H,31,33,34)/t20-,21+/m0/s1. The SMILES string of the molecule is Cc1nccc(-c2ccc3nc(N[C@@H]4CC[C@H](NC(=O)c5ccc(Cl)cc5)C4)nc(C)c3c2)c1Cl. The third kappa shape index (κ3) is 5.09. The van der Waals surface area contributed by atoms with Crippen LogP contribution in [0.3, 0.4) is 0 Å². The van der Waals surface area contributed by atoms with E-state index >= 15 is 0 Å². The van der Waals surface area contributed by atoms with Crippen LogP contribution in [0.25, 0.3) is 22.0 Å². The zero-order valence-corrected chi connectivity index (χ0v) is 21.0. The van der Waals surface area contributed by atoms with Gasteiger partial charge in [0.1, 0.15) is 0 Å². The van der Waals surface area contributed by atoms with Crippen LogP contribution in [0.2, 0.25) is 10.0 Å². The first-order valence-electron chi connectivity index (χ1n) is 11.6. The lowest BCUT2D eigenvalue weighted by atomic mass is 10.0. The van der Waals surface area contributed by atoms with Crippen LogP contribution < -0.4 is 10.6 Å². The van der Waals surface area contributed by atoms with Crippen molar-refractivity contribution in [1.29, 1.82) is 0 Å². The number of nitrogens with one attached hydrogen (secondary N) is 2. The average Bonchev–Trinajstić information content (AvgIpc) is 3.27. The molecule has 1 amide bonds. The van der Waals surface area contributed by atoms with Crippen molar-refractivity contribution in [3.05, 3.63) is 81.7 Å². The van der Waals surface area contributed by atoms with E-state index in [1.54, 1.807) is 30.5 Å². The van der Waals surface area contributed by atoms with Crippen LogP contribution in [0.5, 0.6) is 0 Å². The molecule has 2 aromatic heterocycles. The van der Waals surface area contributed by atoms with Gasteiger partial charge in [0, 0.05) is 39.8 Å². The Morgan fingerprint density at radius 3 is 2.51 bits per heavy atom. The van der Waals surface area contributed by atoms with Gasteiger partial charge in [0.25, 0.3) is 5.91 Å². The molecule has 1 aliphatic rings. The Morgan fingerprint density at radius 1 is 0.943 bits per heavy atom. The number of aryl methyl sites for hydroxylation is 2. The smallest absolute Gasteiger partial charge is 0.251 e. The number of nitrogens with zero attached hydrogens (tertiary/aromatic N) is 3. The molecule has 1 fully saturated rings. The number of hydrogen-bond acceptors (Lipinski definition) is 5. The molecule has 8 heteroatoms. The van der Waals surface area contributed by atoms with E-state index in [0.717, 1.165) is 52.7 Å². The molecule has 5 rings (SSSR count). The van der Waals surface area contributed by atoms with Crippen molar-refractivity contribution in [2.45, 2.75) is 45.2 Å². The predicted octanol–water partition coefficient (Wildman–Crippen LogP) is 6.38. The molecule has 0 radical (unpaired) electrons. The average molecular weight is 506 g/mol. The van der Waals surface area contributed by atoms with Gasteiger partial charge >= 0.3 is 0 Å². The lowest BCUT2D eigenvalue weighted by Crippen LogP contribution is -2.34. The maximum Gasteiger partial charge on any atom is 0.251 e. The van der Waals surface area contributed by atoms with E-state index in [1.165, 1.54) is 0 Å². The number of anilines is 1. The van der Waals surface area contributed by atoms with Crippen molar-refractivity contribution in [2.75, 3.05) is 5.32 Å². The summed E-state index contributed by atoms with van der Waals surface area (Å²) in [7, 11) is 0. The molecule has 2 N–H and O–H groups in total. The topological polar surface area (TPSA) is 79.8 Å². The van der Waals surface area contributed by atoms with Crippen molar-refractivity contribution in [1.82, 2.24) is 20.3 Å². The highest BCUT2D eigenvalue weighted by atomic mass is 35.5. The van der Waals surface area contributed by atoms with E-state index in [4.69, 9.17) is 33.2 Å². The minimum absolute atomic E-state index is 0.0783. The molecule has 35 heavy (non-hydrogen) atoms. The second-order valence-corrected chi connectivity index (χ2v) is 9.77. The summed E-state index contributed by atoms with van der Waals surface area (Å²) >= 11 is 12.4. The first kappa shape index (κ1) is 23.5. The Kier molecular flexibility index (Phi) is 6.58. The van der Waals surface area contributed by atoms with Gasteiger partial charge < -0.3 is 10.6 Å². The summed E-state index contributed by atoms with van der Waals surface area (Å²) in [6, 6.07) is 15.3. The van der Waals surface area contributed by atoms with Crippen LogP contribution in [0.1, 0.15) is 41.0 Å². The van der Waals surface area contributed by atoms with Gasteiger partial charge in [0.05, 0.1) is 21.9 Å². The van der Waals surface area contributed by atoms with Crippen LogP contribution in [0.15, 0.2) is 54.7 Å². The van der Waals surface area contributed by atoms with Crippen LogP contribution in [0, 0.1) is 13.8 Å². The normalized spacial score (nSPS) is 17.5. The van der Waals surface area contributed by atoms with Crippen molar-refractivity contribution >= 4 is 46.0 Å². The van der Waals surface area contributed by atoms with Gasteiger partial charge in [-0.3, -0.25) is 9.78 Å². The molecule has 178 valence electrons. The largest absolute Gasteiger partial charge is 0.351 e. The van der Waals surface area contributed by atoms with Gasteiger partial charge in [-0.1, -0.05) is 29.3 Å². The maximum atomic E-state index is 12.5. The number of rotatable bonds is 5. The maximum absolute atomic E-state index is 12.5. The van der Waals surface area contributed by atoms with E-state index < -0.39 is 0 Å². The van der Waals surface area contributed by atoms with Crippen molar-refractivity contribution in [3.8, 4) is 11.1 Å². The number of hydrogen-bond donors (Lipinski definition) is 2. The Bertz CT molecular complexity index is 1410. The summed E-state index contributed by atoms with van der Waals surface area (Å²) in [6.45, 7) is 3.89. The predicted molar refractivity (Wildman–Crippen MR) is 141 cm³/mol. The molecular formula is C27H25Cl2N5O. The number of benzene rings is 2. The van der Waals surface area contributed by atoms with E-state index in [9.17, 15) is 4.79 Å². The number of fused-ring (bicyclic) bond motifs is 1. The Morgan fingerprint density at radius 2 is 1.71 bits per heavy atom. The number of amides is 1. The van der Waals surface area contributed by atoms with Crippen molar-refractivity contribution in [3.63, 3.8) is 0 Å². The first-order valence-corrected chi connectivity index (χ1v) is 12.4. The van der Waals surface area contributed by atoms with Crippen LogP contribution >= 0.6 is 23.2 Å². The minimum atomic E-state index is -0.0783. The molecule has 2 aromatic carbocycles. The zero-order valence-electron chi connectivity index (χ0n) is 19.5. The molecule has 2 heterocycles. The quantitative estimate of drug-likeness (QED) is 0.329. The fraction of sp³-hybridized carbons (Fsp3) is 0.259. The number of carbonyl (C=O) groups excluding carboxylic acids is 1. The molecule has 0 spiro atoms. The van der Waals surface area contributed by atoms with Crippen LogP contribution in [0.4, 0.5) is 5.95 Å². The molecule has 0 aliphatic heterocycles. The van der Waals surface area contributed by atoms with E-state index in [-0.39, 0.29) is 18.0 Å². The van der Waals surface area contributed by atoms with Gasteiger partial charge in [-0.25, -0.2) is 9.97 Å². The third-order valence-electron chi connectivity index (χ3n) is 6.47. The Balaban J connectivity index is 1.28. The minimum Gasteiger partial charge on any atom is -0.351 e. The molecular weight excluding hydrogens is 481 g/mol. The Labute approximate surface area is 214 Å². The molecule has 6 nitrogen and oxygen atoms in total. The number of pyridine rings is 1. The third-order valence-corrected chi connectivity index (χ3v) is 7.20. The van der Waals surface area contributed by atoms with Gasteiger partial charge in [0.2, 0.25) is 5.95 Å². The monoisotopic (exact) mass is 505 g/mol. The summed E-state index contributed by atoms with van der Waals surface area (Å²) < 4.78 is 0. The summed E-state index contributed by atoms with van der Waals surface area (Å²) in [4.78, 5) is 26.2. The first-order chi connectivity index (χ1) is 16.9. The highest BCUT2D eigenvalue weighted by molar-refractivity contribution is 6.34. The number of carbonyl (C=O) groups is 1. The van der Waals surface area contributed by atoms with Crippen molar-refractivity contribution < 1.29 is 4.79 Å². The molecule has 1 saturated carbocycles. The summed E-state index contributed by atoms with van der Waals surface area (Å²) in [5.74, 6) is 0.528. The van der Waals surface area contributed by atoms with Gasteiger partial charge in [-0.05, 0) is 81.1 Å². The number of halogens is 2. The molecule has 0 saturated heterocycles. The van der Waals surface area contributed by atoms with Crippen molar-refractivity contribution in [2.24, 2.45) is 0 Å². The summed E-state index contributed by atoms with van der Waals surface area (Å²) in [5, 5.41) is 8.85. The fourth-order valence-electron chi connectivity index (χ4n) is 4.58. The lowest BCUT2D eigenvalue weighted by molar-refractivity contribution is 0.0938. The van der Waals surface area contributed by atoms with Gasteiger partial charge in [-0.2, -0.15) is 0 Å². The van der Waals surface area contributed by atoms with Crippen LogP contribution in [-0.4, -0.2) is 32.9 Å².